The van der Waals surface area contributed by atoms with Crippen LogP contribution in [0, 0.1) is 0 Å². The molecular formula is C17H18N2O4. The Bertz CT molecular complexity index is 727. The van der Waals surface area contributed by atoms with Crippen LogP contribution in [-0.2, 0) is 0 Å². The molecule has 0 spiro atoms. The van der Waals surface area contributed by atoms with E-state index in [1.165, 1.54) is 14.2 Å². The Hall–Kier alpha value is -3.02. The first-order valence-electron chi connectivity index (χ1n) is 6.92. The number of hydrazone groups is 1. The number of benzene rings is 2. The fourth-order valence-electron chi connectivity index (χ4n) is 2.05. The minimum Gasteiger partial charge on any atom is -0.504 e. The molecule has 0 bridgehead atoms. The minimum absolute atomic E-state index is 0.0953. The summed E-state index contributed by atoms with van der Waals surface area (Å²) in [6, 6.07) is 12.0. The Labute approximate surface area is 134 Å². The fourth-order valence-corrected chi connectivity index (χ4v) is 2.05. The van der Waals surface area contributed by atoms with Crippen molar-refractivity contribution < 1.29 is 19.4 Å². The normalized spacial score (nSPS) is 11.0. The van der Waals surface area contributed by atoms with Gasteiger partial charge in [0.2, 0.25) is 5.75 Å². The van der Waals surface area contributed by atoms with Gasteiger partial charge in [0.1, 0.15) is 0 Å². The summed E-state index contributed by atoms with van der Waals surface area (Å²) in [7, 11) is 2.92. The van der Waals surface area contributed by atoms with Gasteiger partial charge in [0.25, 0.3) is 5.91 Å². The first kappa shape index (κ1) is 16.4. The average molecular weight is 314 g/mol. The maximum Gasteiger partial charge on any atom is 0.271 e. The number of nitrogens with one attached hydrogen (secondary N) is 1. The highest BCUT2D eigenvalue weighted by Crippen LogP contribution is 2.38. The van der Waals surface area contributed by atoms with E-state index in [1.54, 1.807) is 43.3 Å². The van der Waals surface area contributed by atoms with E-state index >= 15 is 0 Å². The van der Waals surface area contributed by atoms with Crippen LogP contribution in [0.2, 0.25) is 0 Å². The number of phenols is 1. The van der Waals surface area contributed by atoms with Crippen LogP contribution in [0.3, 0.4) is 0 Å². The molecule has 0 aliphatic carbocycles. The van der Waals surface area contributed by atoms with Crippen molar-refractivity contribution in [2.75, 3.05) is 14.2 Å². The van der Waals surface area contributed by atoms with Gasteiger partial charge in [-0.15, -0.1) is 0 Å². The second kappa shape index (κ2) is 7.31. The molecule has 120 valence electrons. The van der Waals surface area contributed by atoms with E-state index in [-0.39, 0.29) is 17.4 Å². The highest BCUT2D eigenvalue weighted by molar-refractivity contribution is 6.03. The van der Waals surface area contributed by atoms with Gasteiger partial charge in [0.15, 0.2) is 11.5 Å². The van der Waals surface area contributed by atoms with Gasteiger partial charge in [-0.1, -0.05) is 18.2 Å². The third kappa shape index (κ3) is 3.60. The van der Waals surface area contributed by atoms with Gasteiger partial charge in [-0.2, -0.15) is 5.10 Å². The van der Waals surface area contributed by atoms with Crippen LogP contribution >= 0.6 is 0 Å². The molecule has 23 heavy (non-hydrogen) atoms. The maximum atomic E-state index is 12.0. The predicted octanol–water partition coefficient (Wildman–Crippen LogP) is 2.56. The molecule has 6 heteroatoms. The zero-order valence-electron chi connectivity index (χ0n) is 13.2. The van der Waals surface area contributed by atoms with Gasteiger partial charge in [-0.25, -0.2) is 5.43 Å². The van der Waals surface area contributed by atoms with E-state index in [0.29, 0.717) is 22.6 Å². The number of methoxy groups -OCH3 is 2. The molecule has 0 heterocycles. The topological polar surface area (TPSA) is 80.2 Å². The van der Waals surface area contributed by atoms with Gasteiger partial charge in [0.05, 0.1) is 19.9 Å². The number of aromatic hydroxyl groups is 1. The number of ether oxygens (including phenoxy) is 2. The van der Waals surface area contributed by atoms with Crippen LogP contribution in [0.1, 0.15) is 22.8 Å². The van der Waals surface area contributed by atoms with E-state index in [4.69, 9.17) is 9.47 Å². The molecule has 0 atom stereocenters. The number of hydrogen-bond donors (Lipinski definition) is 2. The van der Waals surface area contributed by atoms with Crippen molar-refractivity contribution in [1.29, 1.82) is 0 Å². The number of nitrogens with zero attached hydrogens (tertiary/aromatic N) is 1. The number of amides is 1. The Morgan fingerprint density at radius 1 is 1.09 bits per heavy atom. The van der Waals surface area contributed by atoms with Crippen molar-refractivity contribution >= 4 is 11.6 Å². The summed E-state index contributed by atoms with van der Waals surface area (Å²) in [5.74, 6) is 0.204. The maximum absolute atomic E-state index is 12.0. The van der Waals surface area contributed by atoms with Crippen LogP contribution in [0.5, 0.6) is 17.2 Å². The average Bonchev–Trinajstić information content (AvgIpc) is 2.59. The molecule has 0 unspecified atom stereocenters. The zero-order chi connectivity index (χ0) is 16.8. The third-order valence-electron chi connectivity index (χ3n) is 3.27. The second-order valence-corrected chi connectivity index (χ2v) is 4.70. The van der Waals surface area contributed by atoms with Crippen molar-refractivity contribution in [2.45, 2.75) is 6.92 Å². The van der Waals surface area contributed by atoms with Crippen molar-refractivity contribution in [3.8, 4) is 17.2 Å². The number of carbonyl (C=O) groups is 1. The molecular weight excluding hydrogens is 296 g/mol. The van der Waals surface area contributed by atoms with E-state index in [9.17, 15) is 9.90 Å². The summed E-state index contributed by atoms with van der Waals surface area (Å²) in [6.07, 6.45) is 0. The summed E-state index contributed by atoms with van der Waals surface area (Å²) in [6.45, 7) is 1.67. The zero-order valence-corrected chi connectivity index (χ0v) is 13.2. The monoisotopic (exact) mass is 314 g/mol. The highest BCUT2D eigenvalue weighted by Gasteiger charge is 2.16. The molecule has 0 aromatic heterocycles. The van der Waals surface area contributed by atoms with Gasteiger partial charge >= 0.3 is 0 Å². The molecule has 6 nitrogen and oxygen atoms in total. The molecule has 1 amide bonds. The molecule has 2 aromatic carbocycles. The van der Waals surface area contributed by atoms with Crippen LogP contribution in [0.15, 0.2) is 47.6 Å². The second-order valence-electron chi connectivity index (χ2n) is 4.70. The molecule has 0 saturated heterocycles. The van der Waals surface area contributed by atoms with Crippen molar-refractivity contribution in [3.05, 3.63) is 53.6 Å². The SMILES string of the molecule is COc1ccc(C(C)=NNC(=O)c2ccccc2)c(O)c1OC. The molecule has 0 aliphatic heterocycles. The lowest BCUT2D eigenvalue weighted by molar-refractivity contribution is 0.0955. The molecule has 0 saturated carbocycles. The molecule has 0 fully saturated rings. The van der Waals surface area contributed by atoms with Crippen LogP contribution in [0.25, 0.3) is 0 Å². The summed E-state index contributed by atoms with van der Waals surface area (Å²) < 4.78 is 10.2. The van der Waals surface area contributed by atoms with E-state index in [2.05, 4.69) is 10.5 Å². The molecule has 0 radical (unpaired) electrons. The lowest BCUT2D eigenvalue weighted by Crippen LogP contribution is -2.19. The summed E-state index contributed by atoms with van der Waals surface area (Å²) in [4.78, 5) is 12.0. The Morgan fingerprint density at radius 2 is 1.78 bits per heavy atom. The van der Waals surface area contributed by atoms with Gasteiger partial charge in [-0.05, 0) is 31.2 Å². The van der Waals surface area contributed by atoms with Crippen molar-refractivity contribution in [2.24, 2.45) is 5.10 Å². The summed E-state index contributed by atoms with van der Waals surface area (Å²) in [5, 5.41) is 14.3. The van der Waals surface area contributed by atoms with E-state index in [1.807, 2.05) is 6.07 Å². The molecule has 2 N–H and O–H groups in total. The third-order valence-corrected chi connectivity index (χ3v) is 3.27. The largest absolute Gasteiger partial charge is 0.504 e. The molecule has 2 rings (SSSR count). The minimum atomic E-state index is -0.329. The lowest BCUT2D eigenvalue weighted by atomic mass is 10.1. The van der Waals surface area contributed by atoms with Crippen molar-refractivity contribution in [1.82, 2.24) is 5.43 Å². The Balaban J connectivity index is 2.23. The van der Waals surface area contributed by atoms with E-state index in [0.717, 1.165) is 0 Å². The first-order valence-corrected chi connectivity index (χ1v) is 6.92. The predicted molar refractivity (Wildman–Crippen MR) is 87.3 cm³/mol. The number of rotatable bonds is 5. The highest BCUT2D eigenvalue weighted by atomic mass is 16.5. The van der Waals surface area contributed by atoms with Gasteiger partial charge < -0.3 is 14.6 Å². The summed E-state index contributed by atoms with van der Waals surface area (Å²) in [5.41, 5.74) is 3.84. The van der Waals surface area contributed by atoms with Crippen LogP contribution in [0.4, 0.5) is 0 Å². The quantitative estimate of drug-likeness (QED) is 0.656. The Morgan fingerprint density at radius 3 is 2.39 bits per heavy atom. The number of carbonyl (C=O) groups excluding carboxylic acids is 1. The molecule has 0 aliphatic rings. The lowest BCUT2D eigenvalue weighted by Gasteiger charge is -2.12. The van der Waals surface area contributed by atoms with Crippen molar-refractivity contribution in [3.63, 3.8) is 0 Å². The van der Waals surface area contributed by atoms with E-state index < -0.39 is 0 Å². The van der Waals surface area contributed by atoms with Gasteiger partial charge in [-0.3, -0.25) is 4.79 Å². The van der Waals surface area contributed by atoms with Crippen LogP contribution in [-0.4, -0.2) is 30.9 Å². The van der Waals surface area contributed by atoms with Gasteiger partial charge in [0, 0.05) is 11.1 Å². The fraction of sp³-hybridized carbons (Fsp3) is 0.176. The standard InChI is InChI=1S/C17H18N2O4/c1-11(18-19-17(21)12-7-5-4-6-8-12)13-9-10-14(22-2)16(23-3)15(13)20/h4-10,20H,1-3H3,(H,19,21). The molecule has 2 aromatic rings. The van der Waals surface area contributed by atoms with Crippen LogP contribution < -0.4 is 14.9 Å². The first-order chi connectivity index (χ1) is 11.1. The number of phenolic OH excluding ortho intramolecular Hbond substituents is 1. The smallest absolute Gasteiger partial charge is 0.271 e. The Kier molecular flexibility index (Phi) is 5.19. The summed E-state index contributed by atoms with van der Waals surface area (Å²) >= 11 is 0. The number of hydrogen-bond acceptors (Lipinski definition) is 5.